The van der Waals surface area contributed by atoms with Crippen molar-refractivity contribution in [3.05, 3.63) is 34.3 Å². The van der Waals surface area contributed by atoms with Gasteiger partial charge in [-0.15, -0.1) is 0 Å². The molecule has 0 heterocycles. The number of amides is 1. The largest absolute Gasteiger partial charge is 0.356 e. The molecule has 1 N–H and O–H groups in total. The highest BCUT2D eigenvalue weighted by Gasteiger charge is 2.44. The summed E-state index contributed by atoms with van der Waals surface area (Å²) in [5.74, 6) is 0.766. The molecule has 0 bridgehead atoms. The molecule has 0 aromatic heterocycles. The Hall–Kier alpha value is -0.870. The minimum atomic E-state index is 0.165. The predicted octanol–water partition coefficient (Wildman–Crippen LogP) is 2.62. The van der Waals surface area contributed by atoms with E-state index in [-0.39, 0.29) is 11.8 Å². The van der Waals surface area contributed by atoms with Crippen molar-refractivity contribution in [2.75, 3.05) is 27.2 Å². The molecule has 1 aromatic rings. The van der Waals surface area contributed by atoms with Crippen molar-refractivity contribution in [2.45, 2.75) is 18.8 Å². The molecule has 4 heteroatoms. The van der Waals surface area contributed by atoms with Crippen molar-refractivity contribution >= 4 is 21.8 Å². The fourth-order valence-electron chi connectivity index (χ4n) is 2.34. The second-order valence-electron chi connectivity index (χ2n) is 5.42. The van der Waals surface area contributed by atoms with Crippen LogP contribution in [0.3, 0.4) is 0 Å². The lowest BCUT2D eigenvalue weighted by molar-refractivity contribution is -0.122. The maximum Gasteiger partial charge on any atom is 0.223 e. The van der Waals surface area contributed by atoms with Crippen molar-refractivity contribution in [1.29, 1.82) is 0 Å². The molecule has 1 amide bonds. The van der Waals surface area contributed by atoms with Gasteiger partial charge in [-0.1, -0.05) is 34.1 Å². The van der Waals surface area contributed by atoms with Crippen LogP contribution in [0.1, 0.15) is 24.3 Å². The molecular formula is C15H21BrN2O. The summed E-state index contributed by atoms with van der Waals surface area (Å²) in [4.78, 5) is 14.1. The zero-order valence-electron chi connectivity index (χ0n) is 11.5. The number of benzene rings is 1. The Morgan fingerprint density at radius 3 is 2.84 bits per heavy atom. The molecule has 2 rings (SSSR count). The van der Waals surface area contributed by atoms with Gasteiger partial charge in [-0.3, -0.25) is 4.79 Å². The number of nitrogens with zero attached hydrogens (tertiary/aromatic N) is 1. The lowest BCUT2D eigenvalue weighted by Gasteiger charge is -2.10. The predicted molar refractivity (Wildman–Crippen MR) is 81.2 cm³/mol. The fourth-order valence-corrected chi connectivity index (χ4v) is 2.92. The van der Waals surface area contributed by atoms with E-state index in [1.54, 1.807) is 0 Å². The van der Waals surface area contributed by atoms with Crippen LogP contribution in [0.2, 0.25) is 0 Å². The van der Waals surface area contributed by atoms with E-state index >= 15 is 0 Å². The average Bonchev–Trinajstić information content (AvgIpc) is 3.15. The second-order valence-corrected chi connectivity index (χ2v) is 6.27. The topological polar surface area (TPSA) is 32.3 Å². The van der Waals surface area contributed by atoms with E-state index in [1.165, 1.54) is 5.56 Å². The van der Waals surface area contributed by atoms with Crippen molar-refractivity contribution in [1.82, 2.24) is 10.2 Å². The van der Waals surface area contributed by atoms with E-state index in [4.69, 9.17) is 0 Å². The standard InChI is InChI=1S/C15H21BrN2O/c1-18(2)9-5-8-17-15(19)13-10-12(13)11-6-3-4-7-14(11)16/h3-4,6-7,12-13H,5,8-10H2,1-2H3,(H,17,19)/t12-,13+/m0/s1. The molecule has 0 saturated heterocycles. The minimum absolute atomic E-state index is 0.165. The van der Waals surface area contributed by atoms with Gasteiger partial charge in [0.2, 0.25) is 5.91 Å². The molecule has 104 valence electrons. The molecule has 1 aliphatic rings. The molecule has 0 spiro atoms. The minimum Gasteiger partial charge on any atom is -0.356 e. The zero-order chi connectivity index (χ0) is 13.8. The second kappa shape index (κ2) is 6.53. The summed E-state index contributed by atoms with van der Waals surface area (Å²) in [7, 11) is 4.09. The highest BCUT2D eigenvalue weighted by atomic mass is 79.9. The molecular weight excluding hydrogens is 304 g/mol. The third-order valence-electron chi connectivity index (χ3n) is 3.51. The molecule has 1 saturated carbocycles. The van der Waals surface area contributed by atoms with Crippen LogP contribution in [0, 0.1) is 5.92 Å². The van der Waals surface area contributed by atoms with Crippen molar-refractivity contribution in [3.63, 3.8) is 0 Å². The summed E-state index contributed by atoms with van der Waals surface area (Å²) in [6.07, 6.45) is 1.98. The summed E-state index contributed by atoms with van der Waals surface area (Å²) in [6, 6.07) is 8.19. The van der Waals surface area contributed by atoms with Crippen LogP contribution >= 0.6 is 15.9 Å². The molecule has 1 fully saturated rings. The number of hydrogen-bond donors (Lipinski definition) is 1. The van der Waals surface area contributed by atoms with E-state index < -0.39 is 0 Å². The Morgan fingerprint density at radius 1 is 1.42 bits per heavy atom. The van der Waals surface area contributed by atoms with Gasteiger partial charge in [0.25, 0.3) is 0 Å². The molecule has 1 aromatic carbocycles. The Balaban J connectivity index is 1.76. The molecule has 2 atom stereocenters. The van der Waals surface area contributed by atoms with Crippen molar-refractivity contribution < 1.29 is 4.79 Å². The first-order chi connectivity index (χ1) is 9.09. The maximum atomic E-state index is 12.0. The quantitative estimate of drug-likeness (QED) is 0.816. The zero-order valence-corrected chi connectivity index (χ0v) is 13.1. The van der Waals surface area contributed by atoms with Gasteiger partial charge in [-0.05, 0) is 51.0 Å². The lowest BCUT2D eigenvalue weighted by atomic mass is 10.1. The first-order valence-corrected chi connectivity index (χ1v) is 7.55. The summed E-state index contributed by atoms with van der Waals surface area (Å²) < 4.78 is 1.11. The molecule has 0 radical (unpaired) electrons. The van der Waals surface area contributed by atoms with Crippen LogP contribution in [0.15, 0.2) is 28.7 Å². The molecule has 0 aliphatic heterocycles. The summed E-state index contributed by atoms with van der Waals surface area (Å²) >= 11 is 3.56. The Kier molecular flexibility index (Phi) is 4.99. The Bertz CT molecular complexity index is 448. The fraction of sp³-hybridized carbons (Fsp3) is 0.533. The summed E-state index contributed by atoms with van der Waals surface area (Å²) in [5, 5.41) is 3.04. The van der Waals surface area contributed by atoms with Crippen LogP contribution in [-0.4, -0.2) is 38.0 Å². The number of carbonyl (C=O) groups is 1. The van der Waals surface area contributed by atoms with Gasteiger partial charge in [0.1, 0.15) is 0 Å². The van der Waals surface area contributed by atoms with E-state index in [0.29, 0.717) is 5.92 Å². The van der Waals surface area contributed by atoms with Gasteiger partial charge in [-0.25, -0.2) is 0 Å². The summed E-state index contributed by atoms with van der Waals surface area (Å²) in [6.45, 7) is 1.79. The maximum absolute atomic E-state index is 12.0. The van der Waals surface area contributed by atoms with Gasteiger partial charge in [-0.2, -0.15) is 0 Å². The summed E-state index contributed by atoms with van der Waals surface area (Å²) in [5.41, 5.74) is 1.26. The normalized spacial score (nSPS) is 21.5. The highest BCUT2D eigenvalue weighted by molar-refractivity contribution is 9.10. The molecule has 0 unspecified atom stereocenters. The molecule has 1 aliphatic carbocycles. The number of halogens is 1. The third-order valence-corrected chi connectivity index (χ3v) is 4.24. The number of nitrogens with one attached hydrogen (secondary N) is 1. The number of hydrogen-bond acceptors (Lipinski definition) is 2. The van der Waals surface area contributed by atoms with Crippen molar-refractivity contribution in [2.24, 2.45) is 5.92 Å². The molecule has 3 nitrogen and oxygen atoms in total. The first kappa shape index (κ1) is 14.5. The Morgan fingerprint density at radius 2 is 2.16 bits per heavy atom. The van der Waals surface area contributed by atoms with Gasteiger partial charge in [0, 0.05) is 16.9 Å². The van der Waals surface area contributed by atoms with Crippen LogP contribution in [0.4, 0.5) is 0 Å². The van der Waals surface area contributed by atoms with Crippen LogP contribution in [-0.2, 0) is 4.79 Å². The van der Waals surface area contributed by atoms with E-state index in [2.05, 4.69) is 32.2 Å². The van der Waals surface area contributed by atoms with Gasteiger partial charge >= 0.3 is 0 Å². The molecule has 19 heavy (non-hydrogen) atoms. The average molecular weight is 325 g/mol. The third kappa shape index (κ3) is 4.05. The van der Waals surface area contributed by atoms with E-state index in [1.807, 2.05) is 32.3 Å². The van der Waals surface area contributed by atoms with Gasteiger partial charge in [0.05, 0.1) is 0 Å². The van der Waals surface area contributed by atoms with Gasteiger partial charge in [0.15, 0.2) is 0 Å². The first-order valence-electron chi connectivity index (χ1n) is 6.76. The smallest absolute Gasteiger partial charge is 0.223 e. The number of rotatable bonds is 6. The van der Waals surface area contributed by atoms with Crippen LogP contribution in [0.25, 0.3) is 0 Å². The monoisotopic (exact) mass is 324 g/mol. The van der Waals surface area contributed by atoms with Crippen LogP contribution in [0.5, 0.6) is 0 Å². The highest BCUT2D eigenvalue weighted by Crippen LogP contribution is 2.49. The van der Waals surface area contributed by atoms with E-state index in [9.17, 15) is 4.79 Å². The van der Waals surface area contributed by atoms with Gasteiger partial charge < -0.3 is 10.2 Å². The van der Waals surface area contributed by atoms with E-state index in [0.717, 1.165) is 30.4 Å². The lowest BCUT2D eigenvalue weighted by Crippen LogP contribution is -2.28. The Labute approximate surface area is 123 Å². The van der Waals surface area contributed by atoms with Crippen molar-refractivity contribution in [3.8, 4) is 0 Å². The SMILES string of the molecule is CN(C)CCCNC(=O)[C@@H]1C[C@H]1c1ccccc1Br. The van der Waals surface area contributed by atoms with Crippen LogP contribution < -0.4 is 5.32 Å². The number of carbonyl (C=O) groups excluding carboxylic acids is 1.